The number of likely N-dealkylation sites (tertiary alicyclic amines) is 1. The molecule has 2 N–H and O–H groups in total. The standard InChI is InChI=1S/C22H44N6O2.HI/c1-7-23-20(24-15-18(3)16-27-13-11-26(8-2)12-14-27)28-10-9-19(17-28)25-21(29)30-22(4,5)6;/h18-19H,7-17H2,1-6H3,(H,23,24)(H,25,29);1H. The monoisotopic (exact) mass is 552 g/mol. The van der Waals surface area contributed by atoms with Crippen LogP contribution < -0.4 is 10.6 Å². The molecule has 2 atom stereocenters. The van der Waals surface area contributed by atoms with Crippen molar-refractivity contribution in [3.05, 3.63) is 0 Å². The zero-order valence-electron chi connectivity index (χ0n) is 20.4. The maximum Gasteiger partial charge on any atom is 0.407 e. The Labute approximate surface area is 206 Å². The maximum atomic E-state index is 12.1. The first-order chi connectivity index (χ1) is 14.2. The van der Waals surface area contributed by atoms with Gasteiger partial charge < -0.3 is 30.1 Å². The molecule has 0 aromatic rings. The summed E-state index contributed by atoms with van der Waals surface area (Å²) in [5, 5.41) is 6.41. The number of aliphatic imine (C=N–C) groups is 1. The number of nitrogens with zero attached hydrogens (tertiary/aromatic N) is 4. The Morgan fingerprint density at radius 1 is 1.13 bits per heavy atom. The number of likely N-dealkylation sites (N-methyl/N-ethyl adjacent to an activating group) is 1. The lowest BCUT2D eigenvalue weighted by atomic mass is 10.1. The van der Waals surface area contributed by atoms with Gasteiger partial charge in [0.1, 0.15) is 5.60 Å². The lowest BCUT2D eigenvalue weighted by Crippen LogP contribution is -2.47. The summed E-state index contributed by atoms with van der Waals surface area (Å²) in [7, 11) is 0. The summed E-state index contributed by atoms with van der Waals surface area (Å²) in [5.41, 5.74) is -0.474. The third-order valence-electron chi connectivity index (χ3n) is 5.58. The van der Waals surface area contributed by atoms with Crippen molar-refractivity contribution < 1.29 is 9.53 Å². The van der Waals surface area contributed by atoms with E-state index in [9.17, 15) is 4.79 Å². The number of carbonyl (C=O) groups is 1. The molecule has 2 aliphatic rings. The van der Waals surface area contributed by atoms with Gasteiger partial charge in [0, 0.05) is 58.9 Å². The van der Waals surface area contributed by atoms with Crippen molar-refractivity contribution in [2.24, 2.45) is 10.9 Å². The molecule has 0 spiro atoms. The molecule has 2 heterocycles. The summed E-state index contributed by atoms with van der Waals surface area (Å²) >= 11 is 0. The molecular formula is C22H45IN6O2. The number of hydrogen-bond acceptors (Lipinski definition) is 5. The van der Waals surface area contributed by atoms with Gasteiger partial charge in [-0.05, 0) is 46.6 Å². The van der Waals surface area contributed by atoms with Gasteiger partial charge in [-0.3, -0.25) is 4.99 Å². The molecule has 0 aromatic heterocycles. The van der Waals surface area contributed by atoms with Crippen molar-refractivity contribution in [2.75, 3.05) is 65.4 Å². The lowest BCUT2D eigenvalue weighted by Gasteiger charge is -2.35. The van der Waals surface area contributed by atoms with Crippen molar-refractivity contribution in [2.45, 2.75) is 59.6 Å². The highest BCUT2D eigenvalue weighted by molar-refractivity contribution is 14.0. The number of carbonyl (C=O) groups excluding carboxylic acids is 1. The van der Waals surface area contributed by atoms with Crippen LogP contribution in [-0.4, -0.2) is 104 Å². The van der Waals surface area contributed by atoms with Gasteiger partial charge in [0.15, 0.2) is 5.96 Å². The maximum absolute atomic E-state index is 12.1. The van der Waals surface area contributed by atoms with Crippen LogP contribution in [0.1, 0.15) is 48.0 Å². The summed E-state index contributed by atoms with van der Waals surface area (Å²) in [5.74, 6) is 1.47. The second kappa shape index (κ2) is 13.7. The number of piperazine rings is 1. The molecule has 0 radical (unpaired) electrons. The van der Waals surface area contributed by atoms with Crippen LogP contribution in [0.25, 0.3) is 0 Å². The molecule has 2 rings (SSSR count). The highest BCUT2D eigenvalue weighted by atomic mass is 127. The summed E-state index contributed by atoms with van der Waals surface area (Å²) in [4.78, 5) is 24.3. The van der Waals surface area contributed by atoms with E-state index in [2.05, 4.69) is 46.1 Å². The molecule has 2 saturated heterocycles. The fourth-order valence-corrected chi connectivity index (χ4v) is 4.00. The van der Waals surface area contributed by atoms with Crippen LogP contribution in [0.5, 0.6) is 0 Å². The zero-order chi connectivity index (χ0) is 22.1. The number of halogens is 1. The van der Waals surface area contributed by atoms with E-state index >= 15 is 0 Å². The number of hydrogen-bond donors (Lipinski definition) is 2. The quantitative estimate of drug-likeness (QED) is 0.287. The Morgan fingerprint density at radius 3 is 2.35 bits per heavy atom. The Hall–Kier alpha value is -0.810. The molecule has 1 amide bonds. The van der Waals surface area contributed by atoms with E-state index in [-0.39, 0.29) is 36.1 Å². The molecule has 2 fully saturated rings. The molecular weight excluding hydrogens is 507 g/mol. The molecule has 31 heavy (non-hydrogen) atoms. The van der Waals surface area contributed by atoms with E-state index in [1.807, 2.05) is 20.8 Å². The van der Waals surface area contributed by atoms with Crippen LogP contribution in [0.3, 0.4) is 0 Å². The first kappa shape index (κ1) is 28.2. The van der Waals surface area contributed by atoms with Crippen LogP contribution >= 0.6 is 24.0 Å². The minimum Gasteiger partial charge on any atom is -0.444 e. The molecule has 2 aliphatic heterocycles. The van der Waals surface area contributed by atoms with Gasteiger partial charge in [-0.1, -0.05) is 13.8 Å². The van der Waals surface area contributed by atoms with Gasteiger partial charge in [-0.15, -0.1) is 24.0 Å². The molecule has 9 heteroatoms. The number of rotatable bonds is 7. The van der Waals surface area contributed by atoms with E-state index in [0.717, 1.165) is 64.7 Å². The van der Waals surface area contributed by atoms with Crippen molar-refractivity contribution >= 4 is 36.0 Å². The van der Waals surface area contributed by atoms with Crippen molar-refractivity contribution in [3.8, 4) is 0 Å². The third kappa shape index (κ3) is 10.6. The van der Waals surface area contributed by atoms with E-state index in [0.29, 0.717) is 5.92 Å². The summed E-state index contributed by atoms with van der Waals surface area (Å²) in [6, 6.07) is 0.0935. The highest BCUT2D eigenvalue weighted by Crippen LogP contribution is 2.13. The van der Waals surface area contributed by atoms with Crippen molar-refractivity contribution in [1.82, 2.24) is 25.3 Å². The molecule has 0 aromatic carbocycles. The minimum absolute atomic E-state index is 0. The van der Waals surface area contributed by atoms with Crippen molar-refractivity contribution in [3.63, 3.8) is 0 Å². The van der Waals surface area contributed by atoms with E-state index in [4.69, 9.17) is 9.73 Å². The Morgan fingerprint density at radius 2 is 1.77 bits per heavy atom. The largest absolute Gasteiger partial charge is 0.444 e. The van der Waals surface area contributed by atoms with Gasteiger partial charge in [-0.2, -0.15) is 0 Å². The summed E-state index contributed by atoms with van der Waals surface area (Å²) in [6.07, 6.45) is 0.564. The number of nitrogens with one attached hydrogen (secondary N) is 2. The Balaban J connectivity index is 0.00000480. The fourth-order valence-electron chi connectivity index (χ4n) is 4.00. The average molecular weight is 553 g/mol. The SMILES string of the molecule is CCNC(=NCC(C)CN1CCN(CC)CC1)N1CCC(NC(=O)OC(C)(C)C)C1.I. The molecule has 0 bridgehead atoms. The number of amides is 1. The van der Waals surface area contributed by atoms with Gasteiger partial charge in [0.05, 0.1) is 6.04 Å². The second-order valence-corrected chi connectivity index (χ2v) is 9.61. The smallest absolute Gasteiger partial charge is 0.407 e. The van der Waals surface area contributed by atoms with Crippen LogP contribution in [0, 0.1) is 5.92 Å². The van der Waals surface area contributed by atoms with E-state index < -0.39 is 5.60 Å². The van der Waals surface area contributed by atoms with Gasteiger partial charge in [-0.25, -0.2) is 4.79 Å². The van der Waals surface area contributed by atoms with Gasteiger partial charge in [0.25, 0.3) is 0 Å². The highest BCUT2D eigenvalue weighted by Gasteiger charge is 2.28. The predicted molar refractivity (Wildman–Crippen MR) is 138 cm³/mol. The predicted octanol–water partition coefficient (Wildman–Crippen LogP) is 2.44. The second-order valence-electron chi connectivity index (χ2n) is 9.61. The molecule has 8 nitrogen and oxygen atoms in total. The first-order valence-electron chi connectivity index (χ1n) is 11.7. The average Bonchev–Trinajstić information content (AvgIpc) is 3.12. The van der Waals surface area contributed by atoms with Gasteiger partial charge in [0.2, 0.25) is 0 Å². The van der Waals surface area contributed by atoms with E-state index in [1.165, 1.54) is 13.1 Å². The van der Waals surface area contributed by atoms with Crippen molar-refractivity contribution in [1.29, 1.82) is 0 Å². The summed E-state index contributed by atoms with van der Waals surface area (Å²) < 4.78 is 5.39. The molecule has 2 unspecified atom stereocenters. The molecule has 0 aliphatic carbocycles. The topological polar surface area (TPSA) is 72.4 Å². The van der Waals surface area contributed by atoms with Crippen LogP contribution in [-0.2, 0) is 4.74 Å². The Kier molecular flexibility index (Phi) is 12.4. The normalized spacial score (nSPS) is 22.1. The minimum atomic E-state index is -0.474. The van der Waals surface area contributed by atoms with Crippen LogP contribution in [0.2, 0.25) is 0 Å². The number of guanidine groups is 1. The number of ether oxygens (including phenoxy) is 1. The Bertz CT molecular complexity index is 561. The van der Waals surface area contributed by atoms with Crippen LogP contribution in [0.15, 0.2) is 4.99 Å². The van der Waals surface area contributed by atoms with Gasteiger partial charge >= 0.3 is 6.09 Å². The van der Waals surface area contributed by atoms with Crippen LogP contribution in [0.4, 0.5) is 4.79 Å². The summed E-state index contributed by atoms with van der Waals surface area (Å²) in [6.45, 7) is 22.5. The molecule has 0 saturated carbocycles. The lowest BCUT2D eigenvalue weighted by molar-refractivity contribution is 0.0507. The third-order valence-corrected chi connectivity index (χ3v) is 5.58. The zero-order valence-corrected chi connectivity index (χ0v) is 22.8. The first-order valence-corrected chi connectivity index (χ1v) is 11.7. The molecule has 182 valence electrons. The number of alkyl carbamates (subject to hydrolysis) is 1. The van der Waals surface area contributed by atoms with E-state index in [1.54, 1.807) is 0 Å². The fraction of sp³-hybridized carbons (Fsp3) is 0.909.